The molecule has 2 atom stereocenters. The van der Waals surface area contributed by atoms with E-state index in [9.17, 15) is 5.11 Å². The molecule has 0 spiro atoms. The predicted octanol–water partition coefficient (Wildman–Crippen LogP) is 4.00. The molecular formula is C12H25IOSi. The summed E-state index contributed by atoms with van der Waals surface area (Å²) in [6, 6.07) is 0. The van der Waals surface area contributed by atoms with Crippen molar-refractivity contribution in [3.8, 4) is 0 Å². The number of rotatable bonds is 4. The Labute approximate surface area is 109 Å². The fourth-order valence-corrected chi connectivity index (χ4v) is 3.75. The monoisotopic (exact) mass is 340 g/mol. The maximum Gasteiger partial charge on any atom is 0.0586 e. The van der Waals surface area contributed by atoms with Gasteiger partial charge < -0.3 is 5.11 Å². The summed E-state index contributed by atoms with van der Waals surface area (Å²) in [7, 11) is -1.06. The van der Waals surface area contributed by atoms with Crippen LogP contribution in [-0.2, 0) is 0 Å². The number of aliphatic hydroxyl groups is 1. The third kappa shape index (κ3) is 4.73. The zero-order valence-electron chi connectivity index (χ0n) is 10.3. The lowest BCUT2D eigenvalue weighted by molar-refractivity contribution is 0.0809. The van der Waals surface area contributed by atoms with Crippen LogP contribution in [0.25, 0.3) is 0 Å². The molecule has 1 saturated carbocycles. The van der Waals surface area contributed by atoms with Crippen molar-refractivity contribution in [1.29, 1.82) is 0 Å². The van der Waals surface area contributed by atoms with Crippen LogP contribution in [0, 0.1) is 5.92 Å². The SMILES string of the molecule is C[Si](C)(C)C(I)CC(O)C1CCCCC1. The quantitative estimate of drug-likeness (QED) is 0.466. The first kappa shape index (κ1) is 14.0. The molecule has 0 bridgehead atoms. The first-order chi connectivity index (χ1) is 6.91. The second kappa shape index (κ2) is 6.01. The van der Waals surface area contributed by atoms with Crippen molar-refractivity contribution < 1.29 is 5.11 Å². The van der Waals surface area contributed by atoms with Gasteiger partial charge in [0.15, 0.2) is 0 Å². The van der Waals surface area contributed by atoms with Gasteiger partial charge in [0.25, 0.3) is 0 Å². The highest BCUT2D eigenvalue weighted by Gasteiger charge is 2.29. The molecule has 0 aromatic heterocycles. The van der Waals surface area contributed by atoms with Crippen molar-refractivity contribution in [2.45, 2.75) is 67.8 Å². The summed E-state index contributed by atoms with van der Waals surface area (Å²) in [5.41, 5.74) is 0. The summed E-state index contributed by atoms with van der Waals surface area (Å²) in [6.45, 7) is 7.20. The molecule has 15 heavy (non-hydrogen) atoms. The van der Waals surface area contributed by atoms with Crippen LogP contribution < -0.4 is 0 Å². The minimum atomic E-state index is -1.06. The van der Waals surface area contributed by atoms with Gasteiger partial charge >= 0.3 is 0 Å². The third-order valence-electron chi connectivity index (χ3n) is 3.58. The Morgan fingerprint density at radius 2 is 1.73 bits per heavy atom. The predicted molar refractivity (Wildman–Crippen MR) is 78.4 cm³/mol. The van der Waals surface area contributed by atoms with Crippen molar-refractivity contribution in [3.63, 3.8) is 0 Å². The van der Waals surface area contributed by atoms with Gasteiger partial charge in [0.1, 0.15) is 0 Å². The third-order valence-corrected chi connectivity index (χ3v) is 11.8. The van der Waals surface area contributed by atoms with Gasteiger partial charge in [0.2, 0.25) is 0 Å². The molecule has 0 radical (unpaired) electrons. The maximum absolute atomic E-state index is 10.2. The smallest absolute Gasteiger partial charge is 0.0586 e. The summed E-state index contributed by atoms with van der Waals surface area (Å²) in [5, 5.41) is 10.2. The molecule has 0 aromatic carbocycles. The number of hydrogen-bond acceptors (Lipinski definition) is 1. The second-order valence-electron chi connectivity index (χ2n) is 6.03. The van der Waals surface area contributed by atoms with E-state index in [2.05, 4.69) is 42.2 Å². The van der Waals surface area contributed by atoms with Crippen molar-refractivity contribution in [1.82, 2.24) is 0 Å². The van der Waals surface area contributed by atoms with E-state index in [1.807, 2.05) is 0 Å². The average Bonchev–Trinajstić information content (AvgIpc) is 2.17. The molecule has 1 rings (SSSR count). The van der Waals surface area contributed by atoms with Crippen LogP contribution in [0.5, 0.6) is 0 Å². The van der Waals surface area contributed by atoms with Crippen molar-refractivity contribution in [2.75, 3.05) is 0 Å². The molecule has 0 amide bonds. The van der Waals surface area contributed by atoms with Gasteiger partial charge in [-0.1, -0.05) is 61.5 Å². The van der Waals surface area contributed by atoms with E-state index in [1.54, 1.807) is 0 Å². The summed E-state index contributed by atoms with van der Waals surface area (Å²) in [5.74, 6) is 0.604. The van der Waals surface area contributed by atoms with Gasteiger partial charge in [-0.15, -0.1) is 0 Å². The van der Waals surface area contributed by atoms with Gasteiger partial charge in [-0.3, -0.25) is 0 Å². The number of alkyl halides is 1. The highest BCUT2D eigenvalue weighted by Crippen LogP contribution is 2.31. The van der Waals surface area contributed by atoms with E-state index >= 15 is 0 Å². The summed E-state index contributed by atoms with van der Waals surface area (Å²) in [6.07, 6.45) is 7.57. The molecule has 0 saturated heterocycles. The highest BCUT2D eigenvalue weighted by atomic mass is 127. The second-order valence-corrected chi connectivity index (χ2v) is 14.1. The van der Waals surface area contributed by atoms with Crippen LogP contribution in [0.3, 0.4) is 0 Å². The van der Waals surface area contributed by atoms with Gasteiger partial charge in [-0.2, -0.15) is 0 Å². The van der Waals surface area contributed by atoms with Gasteiger partial charge in [0, 0.05) is 3.55 Å². The van der Waals surface area contributed by atoms with Crippen LogP contribution in [0.2, 0.25) is 19.6 Å². The molecule has 1 aliphatic rings. The van der Waals surface area contributed by atoms with Crippen LogP contribution in [-0.4, -0.2) is 22.8 Å². The Morgan fingerprint density at radius 1 is 1.20 bits per heavy atom. The number of halogens is 1. The van der Waals surface area contributed by atoms with E-state index in [1.165, 1.54) is 32.1 Å². The molecule has 0 aromatic rings. The highest BCUT2D eigenvalue weighted by molar-refractivity contribution is 14.1. The molecule has 1 fully saturated rings. The number of aliphatic hydroxyl groups excluding tert-OH is 1. The van der Waals surface area contributed by atoms with E-state index < -0.39 is 8.07 Å². The lowest BCUT2D eigenvalue weighted by atomic mass is 9.84. The van der Waals surface area contributed by atoms with Crippen LogP contribution >= 0.6 is 22.6 Å². The van der Waals surface area contributed by atoms with Crippen molar-refractivity contribution in [3.05, 3.63) is 0 Å². The minimum absolute atomic E-state index is 0.0288. The molecule has 0 aliphatic heterocycles. The fraction of sp³-hybridized carbons (Fsp3) is 1.00. The van der Waals surface area contributed by atoms with E-state index in [0.717, 1.165) is 6.42 Å². The van der Waals surface area contributed by atoms with Crippen LogP contribution in [0.1, 0.15) is 38.5 Å². The summed E-state index contributed by atoms with van der Waals surface area (Å²) in [4.78, 5) is 0. The Kier molecular flexibility index (Phi) is 5.59. The zero-order valence-corrected chi connectivity index (χ0v) is 13.5. The average molecular weight is 340 g/mol. The van der Waals surface area contributed by atoms with E-state index in [4.69, 9.17) is 0 Å². The molecule has 1 aliphatic carbocycles. The molecule has 0 heterocycles. The molecular weight excluding hydrogens is 315 g/mol. The maximum atomic E-state index is 10.2. The van der Waals surface area contributed by atoms with Crippen molar-refractivity contribution in [2.24, 2.45) is 5.92 Å². The normalized spacial score (nSPS) is 23.8. The lowest BCUT2D eigenvalue weighted by Crippen LogP contribution is -2.38. The molecule has 1 nitrogen and oxygen atoms in total. The standard InChI is InChI=1S/C12H25IOSi/c1-15(2,3)12(13)9-11(14)10-7-5-4-6-8-10/h10-12,14H,4-9H2,1-3H3. The van der Waals surface area contributed by atoms with E-state index in [0.29, 0.717) is 9.47 Å². The summed E-state index contributed by atoms with van der Waals surface area (Å²) < 4.78 is 0.715. The lowest BCUT2D eigenvalue weighted by Gasteiger charge is -2.31. The van der Waals surface area contributed by atoms with Crippen molar-refractivity contribution >= 4 is 30.7 Å². The first-order valence-electron chi connectivity index (χ1n) is 6.23. The van der Waals surface area contributed by atoms with Gasteiger partial charge in [0.05, 0.1) is 14.2 Å². The Morgan fingerprint density at radius 3 is 2.20 bits per heavy atom. The largest absolute Gasteiger partial charge is 0.393 e. The molecule has 90 valence electrons. The zero-order chi connectivity index (χ0) is 11.5. The Hall–Kier alpha value is 0.907. The Balaban J connectivity index is 2.36. The number of hydrogen-bond donors (Lipinski definition) is 1. The first-order valence-corrected chi connectivity index (χ1v) is 11.1. The molecule has 2 unspecified atom stereocenters. The molecule has 1 N–H and O–H groups in total. The minimum Gasteiger partial charge on any atom is -0.393 e. The Bertz CT molecular complexity index is 185. The fourth-order valence-electron chi connectivity index (χ4n) is 2.28. The van der Waals surface area contributed by atoms with E-state index in [-0.39, 0.29) is 6.10 Å². The van der Waals surface area contributed by atoms with Crippen LogP contribution in [0.15, 0.2) is 0 Å². The topological polar surface area (TPSA) is 20.2 Å². The molecule has 3 heteroatoms. The summed E-state index contributed by atoms with van der Waals surface area (Å²) >= 11 is 2.56. The van der Waals surface area contributed by atoms with Crippen LogP contribution in [0.4, 0.5) is 0 Å². The van der Waals surface area contributed by atoms with Gasteiger partial charge in [-0.25, -0.2) is 0 Å². The van der Waals surface area contributed by atoms with Gasteiger partial charge in [-0.05, 0) is 25.2 Å².